The molecule has 0 aliphatic rings. The molecule has 0 spiro atoms. The molecule has 0 amide bonds. The van der Waals surface area contributed by atoms with Gasteiger partial charge in [0.05, 0.1) is 0 Å². The Bertz CT molecular complexity index is 499. The molecule has 0 radical (unpaired) electrons. The van der Waals surface area contributed by atoms with Crippen LogP contribution in [-0.2, 0) is 6.61 Å². The van der Waals surface area contributed by atoms with Gasteiger partial charge in [0.1, 0.15) is 12.4 Å². The summed E-state index contributed by atoms with van der Waals surface area (Å²) < 4.78 is 5.77. The standard InChI is InChI=1S/C16H20N2O/c17-10-9-16(18)14-7-4-8-15(11-14)19-12-13-5-2-1-3-6-13/h1-8,11,16H,9-10,12,17-18H2/t16-/m1/s1. The van der Waals surface area contributed by atoms with Crippen LogP contribution in [0.25, 0.3) is 0 Å². The Morgan fingerprint density at radius 3 is 2.53 bits per heavy atom. The minimum absolute atomic E-state index is 0.0229. The zero-order chi connectivity index (χ0) is 13.5. The molecular formula is C16H20N2O. The van der Waals surface area contributed by atoms with E-state index in [1.54, 1.807) is 0 Å². The molecule has 4 N–H and O–H groups in total. The summed E-state index contributed by atoms with van der Waals surface area (Å²) in [5.41, 5.74) is 13.8. The molecule has 1 atom stereocenters. The van der Waals surface area contributed by atoms with E-state index in [0.29, 0.717) is 13.2 Å². The van der Waals surface area contributed by atoms with Gasteiger partial charge in [0.15, 0.2) is 0 Å². The lowest BCUT2D eigenvalue weighted by Crippen LogP contribution is -2.15. The molecule has 0 saturated heterocycles. The number of benzene rings is 2. The molecule has 0 aliphatic heterocycles. The molecule has 3 heteroatoms. The summed E-state index contributed by atoms with van der Waals surface area (Å²) in [7, 11) is 0. The fourth-order valence-corrected chi connectivity index (χ4v) is 1.92. The second kappa shape index (κ2) is 6.92. The van der Waals surface area contributed by atoms with Crippen LogP contribution in [0, 0.1) is 0 Å². The molecule has 2 rings (SSSR count). The second-order valence-corrected chi connectivity index (χ2v) is 4.53. The van der Waals surface area contributed by atoms with Crippen LogP contribution >= 0.6 is 0 Å². The molecule has 0 fully saturated rings. The SMILES string of the molecule is NCC[C@@H](N)c1cccc(OCc2ccccc2)c1. The summed E-state index contributed by atoms with van der Waals surface area (Å²) in [6, 6.07) is 18.0. The van der Waals surface area contributed by atoms with Gasteiger partial charge in [-0.05, 0) is 36.2 Å². The van der Waals surface area contributed by atoms with E-state index in [0.717, 1.165) is 23.3 Å². The molecule has 2 aromatic carbocycles. The fraction of sp³-hybridized carbons (Fsp3) is 0.250. The van der Waals surface area contributed by atoms with Crippen molar-refractivity contribution < 1.29 is 4.74 Å². The van der Waals surface area contributed by atoms with E-state index in [1.165, 1.54) is 0 Å². The van der Waals surface area contributed by atoms with Crippen molar-refractivity contribution in [1.82, 2.24) is 0 Å². The first-order valence-electron chi connectivity index (χ1n) is 6.52. The van der Waals surface area contributed by atoms with Crippen LogP contribution in [0.4, 0.5) is 0 Å². The van der Waals surface area contributed by atoms with E-state index >= 15 is 0 Å². The summed E-state index contributed by atoms with van der Waals surface area (Å²) >= 11 is 0. The molecule has 0 bridgehead atoms. The number of ether oxygens (including phenoxy) is 1. The van der Waals surface area contributed by atoms with Gasteiger partial charge in [0.25, 0.3) is 0 Å². The maximum absolute atomic E-state index is 6.05. The summed E-state index contributed by atoms with van der Waals surface area (Å²) in [4.78, 5) is 0. The van der Waals surface area contributed by atoms with Gasteiger partial charge in [0.2, 0.25) is 0 Å². The quantitative estimate of drug-likeness (QED) is 0.835. The van der Waals surface area contributed by atoms with E-state index in [9.17, 15) is 0 Å². The minimum atomic E-state index is -0.0229. The molecule has 0 saturated carbocycles. The highest BCUT2D eigenvalue weighted by Crippen LogP contribution is 2.20. The predicted octanol–water partition coefficient (Wildman–Crippen LogP) is 2.61. The lowest BCUT2D eigenvalue weighted by atomic mass is 10.0. The molecule has 2 aromatic rings. The first-order chi connectivity index (χ1) is 9.29. The van der Waals surface area contributed by atoms with Crippen molar-refractivity contribution in [1.29, 1.82) is 0 Å². The number of hydrogen-bond donors (Lipinski definition) is 2. The molecule has 0 unspecified atom stereocenters. The van der Waals surface area contributed by atoms with Crippen molar-refractivity contribution in [2.75, 3.05) is 6.54 Å². The maximum Gasteiger partial charge on any atom is 0.120 e. The van der Waals surface area contributed by atoms with Gasteiger partial charge < -0.3 is 16.2 Å². The summed E-state index contributed by atoms with van der Waals surface area (Å²) in [6.45, 7) is 1.16. The minimum Gasteiger partial charge on any atom is -0.489 e. The van der Waals surface area contributed by atoms with Crippen LogP contribution in [-0.4, -0.2) is 6.54 Å². The Kier molecular flexibility index (Phi) is 4.95. The third-order valence-electron chi connectivity index (χ3n) is 3.01. The first kappa shape index (κ1) is 13.6. The number of rotatable bonds is 6. The Morgan fingerprint density at radius 2 is 1.79 bits per heavy atom. The van der Waals surface area contributed by atoms with Crippen LogP contribution in [0.2, 0.25) is 0 Å². The zero-order valence-corrected chi connectivity index (χ0v) is 11.0. The number of hydrogen-bond acceptors (Lipinski definition) is 3. The van der Waals surface area contributed by atoms with E-state index in [-0.39, 0.29) is 6.04 Å². The van der Waals surface area contributed by atoms with Crippen molar-refractivity contribution in [3.8, 4) is 5.75 Å². The molecular weight excluding hydrogens is 236 g/mol. The predicted molar refractivity (Wildman–Crippen MR) is 77.8 cm³/mol. The summed E-state index contributed by atoms with van der Waals surface area (Å²) in [5.74, 6) is 0.842. The van der Waals surface area contributed by atoms with Crippen LogP contribution in [0.15, 0.2) is 54.6 Å². The maximum atomic E-state index is 6.05. The molecule has 0 aliphatic carbocycles. The Hall–Kier alpha value is -1.84. The van der Waals surface area contributed by atoms with Gasteiger partial charge in [0, 0.05) is 6.04 Å². The van der Waals surface area contributed by atoms with Crippen LogP contribution in [0.3, 0.4) is 0 Å². The van der Waals surface area contributed by atoms with Gasteiger partial charge in [-0.25, -0.2) is 0 Å². The molecule has 3 nitrogen and oxygen atoms in total. The largest absolute Gasteiger partial charge is 0.489 e. The van der Waals surface area contributed by atoms with Crippen LogP contribution < -0.4 is 16.2 Å². The second-order valence-electron chi connectivity index (χ2n) is 4.53. The van der Waals surface area contributed by atoms with E-state index in [2.05, 4.69) is 0 Å². The highest BCUT2D eigenvalue weighted by Gasteiger charge is 2.06. The van der Waals surface area contributed by atoms with Gasteiger partial charge in [-0.3, -0.25) is 0 Å². The van der Waals surface area contributed by atoms with Crippen LogP contribution in [0.1, 0.15) is 23.6 Å². The highest BCUT2D eigenvalue weighted by atomic mass is 16.5. The van der Waals surface area contributed by atoms with Gasteiger partial charge in [-0.2, -0.15) is 0 Å². The van der Waals surface area contributed by atoms with Gasteiger partial charge in [-0.15, -0.1) is 0 Å². The van der Waals surface area contributed by atoms with Crippen molar-refractivity contribution in [2.45, 2.75) is 19.1 Å². The van der Waals surface area contributed by atoms with Gasteiger partial charge >= 0.3 is 0 Å². The summed E-state index contributed by atoms with van der Waals surface area (Å²) in [5, 5.41) is 0. The molecule has 0 heterocycles. The fourth-order valence-electron chi connectivity index (χ4n) is 1.92. The zero-order valence-electron chi connectivity index (χ0n) is 11.0. The van der Waals surface area contributed by atoms with Crippen molar-refractivity contribution >= 4 is 0 Å². The molecule has 100 valence electrons. The summed E-state index contributed by atoms with van der Waals surface area (Å²) in [6.07, 6.45) is 0.780. The highest BCUT2D eigenvalue weighted by molar-refractivity contribution is 5.30. The third-order valence-corrected chi connectivity index (χ3v) is 3.01. The monoisotopic (exact) mass is 256 g/mol. The van der Waals surface area contributed by atoms with Gasteiger partial charge in [-0.1, -0.05) is 42.5 Å². The average molecular weight is 256 g/mol. The molecule has 19 heavy (non-hydrogen) atoms. The van der Waals surface area contributed by atoms with Crippen molar-refractivity contribution in [3.05, 3.63) is 65.7 Å². The molecule has 0 aromatic heterocycles. The lowest BCUT2D eigenvalue weighted by molar-refractivity contribution is 0.305. The average Bonchev–Trinajstić information content (AvgIpc) is 2.47. The first-order valence-corrected chi connectivity index (χ1v) is 6.52. The lowest BCUT2D eigenvalue weighted by Gasteiger charge is -2.13. The Balaban J connectivity index is 1.99. The van der Waals surface area contributed by atoms with E-state index in [1.807, 2.05) is 54.6 Å². The van der Waals surface area contributed by atoms with E-state index in [4.69, 9.17) is 16.2 Å². The van der Waals surface area contributed by atoms with Crippen molar-refractivity contribution in [2.24, 2.45) is 11.5 Å². The van der Waals surface area contributed by atoms with Crippen molar-refractivity contribution in [3.63, 3.8) is 0 Å². The normalized spacial score (nSPS) is 12.1. The Labute approximate surface area is 114 Å². The number of nitrogens with two attached hydrogens (primary N) is 2. The topological polar surface area (TPSA) is 61.3 Å². The smallest absolute Gasteiger partial charge is 0.120 e. The Morgan fingerprint density at radius 1 is 1.00 bits per heavy atom. The van der Waals surface area contributed by atoms with Crippen LogP contribution in [0.5, 0.6) is 5.75 Å². The van der Waals surface area contributed by atoms with E-state index < -0.39 is 0 Å². The third kappa shape index (κ3) is 4.09.